The highest BCUT2D eigenvalue weighted by molar-refractivity contribution is 7.32. The predicted molar refractivity (Wildman–Crippen MR) is 180 cm³/mol. The average Bonchev–Trinajstić information content (AvgIpc) is 3.53. The van der Waals surface area contributed by atoms with Crippen molar-refractivity contribution in [2.45, 2.75) is 30.5 Å². The Kier molecular flexibility index (Phi) is 9.13. The van der Waals surface area contributed by atoms with Gasteiger partial charge in [0, 0.05) is 11.0 Å². The Labute approximate surface area is 282 Å². The number of nitrogens with zero attached hydrogens (tertiary/aromatic N) is 2. The van der Waals surface area contributed by atoms with Crippen LogP contribution in [0, 0.1) is 0 Å². The zero-order valence-corrected chi connectivity index (χ0v) is 27.5. The Morgan fingerprint density at radius 3 is 2.12 bits per heavy atom. The minimum atomic E-state index is -3.00. The average molecular weight is 683 g/mol. The van der Waals surface area contributed by atoms with Gasteiger partial charge in [-0.1, -0.05) is 66.7 Å². The number of ether oxygens (including phenoxy) is 5. The summed E-state index contributed by atoms with van der Waals surface area (Å²) in [4.78, 5) is 27.3. The third-order valence-corrected chi connectivity index (χ3v) is 9.08. The summed E-state index contributed by atoms with van der Waals surface area (Å²) in [6.45, 7) is -0.0875. The van der Waals surface area contributed by atoms with E-state index in [2.05, 4.69) is 10.3 Å². The molecule has 13 heteroatoms. The lowest BCUT2D eigenvalue weighted by Gasteiger charge is -2.37. The fourth-order valence-electron chi connectivity index (χ4n) is 6.26. The minimum Gasteiger partial charge on any atom is -0.497 e. The second-order valence-electron chi connectivity index (χ2n) is 11.4. The molecule has 12 nitrogen and oxygen atoms in total. The van der Waals surface area contributed by atoms with E-state index in [1.165, 1.54) is 10.8 Å². The number of benzene rings is 4. The first kappa shape index (κ1) is 32.4. The molecule has 4 aromatic carbocycles. The van der Waals surface area contributed by atoms with Gasteiger partial charge in [0.05, 0.1) is 32.7 Å². The van der Waals surface area contributed by atoms with Crippen LogP contribution in [0.25, 0.3) is 0 Å². The maximum Gasteiger partial charge on any atom is 0.695 e. The molecule has 1 unspecified atom stereocenters. The molecule has 2 aliphatic heterocycles. The molecule has 2 aliphatic rings. The number of hydrogen-bond donors (Lipinski definition) is 2. The van der Waals surface area contributed by atoms with Crippen LogP contribution in [-0.4, -0.2) is 47.5 Å². The first-order valence-corrected chi connectivity index (χ1v) is 16.6. The molecule has 1 aromatic heterocycles. The van der Waals surface area contributed by atoms with E-state index in [4.69, 9.17) is 28.2 Å². The summed E-state index contributed by atoms with van der Waals surface area (Å²) >= 11 is 0. The van der Waals surface area contributed by atoms with Crippen molar-refractivity contribution in [3.63, 3.8) is 0 Å². The molecular weight excluding hydrogens is 649 g/mol. The number of para-hydroxylation sites is 2. The molecule has 0 spiro atoms. The summed E-state index contributed by atoms with van der Waals surface area (Å²) in [5, 5.41) is 3.12. The van der Waals surface area contributed by atoms with Gasteiger partial charge in [-0.3, -0.25) is 4.57 Å². The molecule has 49 heavy (non-hydrogen) atoms. The molecule has 0 aliphatic carbocycles. The van der Waals surface area contributed by atoms with Crippen molar-refractivity contribution in [2.24, 2.45) is 0 Å². The van der Waals surface area contributed by atoms with Crippen LogP contribution >= 0.6 is 8.25 Å². The summed E-state index contributed by atoms with van der Waals surface area (Å²) in [6.07, 6.45) is -1.07. The number of fused-ring (bicyclic) bond motifs is 2. The highest BCUT2D eigenvalue weighted by Gasteiger charge is 2.46. The molecule has 5 aromatic rings. The molecule has 1 fully saturated rings. The van der Waals surface area contributed by atoms with Crippen LogP contribution in [0.1, 0.15) is 29.3 Å². The zero-order chi connectivity index (χ0) is 34.0. The van der Waals surface area contributed by atoms with Gasteiger partial charge in [0.1, 0.15) is 35.5 Å². The normalized spacial score (nSPS) is 18.4. The van der Waals surface area contributed by atoms with E-state index in [0.29, 0.717) is 28.7 Å². The number of methoxy groups -OCH3 is 2. The van der Waals surface area contributed by atoms with Crippen LogP contribution in [0.5, 0.6) is 23.0 Å². The largest absolute Gasteiger partial charge is 0.695 e. The van der Waals surface area contributed by atoms with E-state index in [-0.39, 0.29) is 18.8 Å². The molecule has 0 amide bonds. The molecular formula is C36H33N3O9P+. The van der Waals surface area contributed by atoms with Crippen LogP contribution in [0.15, 0.2) is 114 Å². The highest BCUT2D eigenvalue weighted by Crippen LogP contribution is 2.44. The zero-order valence-electron chi connectivity index (χ0n) is 26.6. The molecule has 1 saturated heterocycles. The standard InChI is InChI=1S/C36H32N3O9P/c1-43-26-16-12-24(13-17-26)36(23-8-4-3-5-9-23,25-14-18-27(44-2)19-15-25)45-22-32-30(48-49(41)42)20-33(47-32)39-21-31-34(38-35(39)40)37-28-10-6-7-11-29(28)46-31/h3-19,21,30,32-33H,20,22H2,1-2H3,(H-,37,38,40,41,42)/p+1/t30-,32+,33+/m0/s1. The maximum atomic E-state index is 13.3. The molecule has 0 radical (unpaired) electrons. The molecule has 2 N–H and O–H groups in total. The Bertz CT molecular complexity index is 1960. The van der Waals surface area contributed by atoms with E-state index < -0.39 is 38.0 Å². The first-order chi connectivity index (χ1) is 23.9. The van der Waals surface area contributed by atoms with E-state index >= 15 is 0 Å². The number of anilines is 2. The fourth-order valence-corrected chi connectivity index (χ4v) is 6.71. The Hall–Kier alpha value is -5.10. The van der Waals surface area contributed by atoms with E-state index in [9.17, 15) is 14.3 Å². The van der Waals surface area contributed by atoms with Crippen molar-refractivity contribution in [1.82, 2.24) is 9.55 Å². The van der Waals surface area contributed by atoms with Crippen molar-refractivity contribution in [1.29, 1.82) is 0 Å². The van der Waals surface area contributed by atoms with Gasteiger partial charge in [0.15, 0.2) is 17.3 Å². The van der Waals surface area contributed by atoms with E-state index in [1.54, 1.807) is 20.3 Å². The van der Waals surface area contributed by atoms with Crippen LogP contribution < -0.4 is 25.2 Å². The van der Waals surface area contributed by atoms with Crippen molar-refractivity contribution < 1.29 is 37.7 Å². The van der Waals surface area contributed by atoms with Gasteiger partial charge >= 0.3 is 13.9 Å². The van der Waals surface area contributed by atoms with E-state index in [1.807, 2.05) is 97.1 Å². The molecule has 7 rings (SSSR count). The van der Waals surface area contributed by atoms with Gasteiger partial charge in [-0.25, -0.2) is 4.79 Å². The van der Waals surface area contributed by atoms with Crippen molar-refractivity contribution in [3.8, 4) is 23.0 Å². The number of nitrogens with one attached hydrogen (secondary N) is 1. The summed E-state index contributed by atoms with van der Waals surface area (Å²) in [5.41, 5.74) is 1.33. The summed E-state index contributed by atoms with van der Waals surface area (Å²) in [6, 6.07) is 32.2. The smallest absolute Gasteiger partial charge is 0.497 e. The monoisotopic (exact) mass is 682 g/mol. The van der Waals surface area contributed by atoms with Crippen molar-refractivity contribution >= 4 is 19.8 Å². The lowest BCUT2D eigenvalue weighted by atomic mass is 9.80. The lowest BCUT2D eigenvalue weighted by molar-refractivity contribution is -0.0917. The predicted octanol–water partition coefficient (Wildman–Crippen LogP) is 6.44. The second-order valence-corrected chi connectivity index (χ2v) is 12.1. The molecule has 4 atom stereocenters. The fraction of sp³-hybridized carbons (Fsp3) is 0.222. The SMILES string of the molecule is COc1ccc(C(OC[C@H]2O[C@@H](n3cc4c(nc3=O)Nc3ccccc3O4)C[C@@H]2O[P+](=O)O)(c2ccccc2)c2ccc(OC)cc2)cc1. The van der Waals surface area contributed by atoms with Crippen LogP contribution in [0.3, 0.4) is 0 Å². The van der Waals surface area contributed by atoms with Gasteiger partial charge in [0.25, 0.3) is 0 Å². The van der Waals surface area contributed by atoms with Crippen molar-refractivity contribution in [2.75, 3.05) is 26.1 Å². The molecule has 0 saturated carbocycles. The minimum absolute atomic E-state index is 0.0729. The molecule has 250 valence electrons. The Morgan fingerprint density at radius 2 is 1.49 bits per heavy atom. The number of rotatable bonds is 11. The number of aromatic nitrogens is 2. The van der Waals surface area contributed by atoms with Gasteiger partial charge in [-0.05, 0) is 53.1 Å². The van der Waals surface area contributed by atoms with Gasteiger partial charge in [-0.15, -0.1) is 9.42 Å². The summed E-state index contributed by atoms with van der Waals surface area (Å²) < 4.78 is 49.0. The van der Waals surface area contributed by atoms with Gasteiger partial charge in [0.2, 0.25) is 0 Å². The highest BCUT2D eigenvalue weighted by atomic mass is 31.1. The Morgan fingerprint density at radius 1 is 0.878 bits per heavy atom. The third kappa shape index (κ3) is 6.40. The first-order valence-electron chi connectivity index (χ1n) is 15.5. The lowest BCUT2D eigenvalue weighted by Crippen LogP contribution is -2.38. The maximum absolute atomic E-state index is 13.3. The molecule has 3 heterocycles. The van der Waals surface area contributed by atoms with Crippen LogP contribution in [0.4, 0.5) is 11.5 Å². The Balaban J connectivity index is 1.24. The summed E-state index contributed by atoms with van der Waals surface area (Å²) in [7, 11) is 0.200. The van der Waals surface area contributed by atoms with Gasteiger partial charge in [-0.2, -0.15) is 4.98 Å². The second kappa shape index (κ2) is 13.8. The summed E-state index contributed by atoms with van der Waals surface area (Å²) in [5.74, 6) is 2.53. The van der Waals surface area contributed by atoms with Crippen LogP contribution in [0.2, 0.25) is 0 Å². The topological polar surface area (TPSA) is 140 Å². The van der Waals surface area contributed by atoms with Crippen LogP contribution in [-0.2, 0) is 24.2 Å². The quantitative estimate of drug-likeness (QED) is 0.115. The van der Waals surface area contributed by atoms with E-state index in [0.717, 1.165) is 16.7 Å². The third-order valence-electron chi connectivity index (χ3n) is 8.63. The molecule has 0 bridgehead atoms. The number of hydrogen-bond acceptors (Lipinski definition) is 10. The van der Waals surface area contributed by atoms with Gasteiger partial charge < -0.3 is 29.0 Å². The van der Waals surface area contributed by atoms with Crippen molar-refractivity contribution in [3.05, 3.63) is 136 Å².